The highest BCUT2D eigenvalue weighted by Gasteiger charge is 2.30. The van der Waals surface area contributed by atoms with Crippen LogP contribution in [0.3, 0.4) is 0 Å². The van der Waals surface area contributed by atoms with E-state index >= 15 is 0 Å². The van der Waals surface area contributed by atoms with Gasteiger partial charge in [0, 0.05) is 5.69 Å². The monoisotopic (exact) mass is 408 g/mol. The molecule has 0 unspecified atom stereocenters. The molecule has 3 rings (SSSR count). The number of benzene rings is 2. The molecule has 0 radical (unpaired) electrons. The number of nitrogens with one attached hydrogen (secondary N) is 2. The quantitative estimate of drug-likeness (QED) is 0.526. The van der Waals surface area contributed by atoms with Gasteiger partial charge < -0.3 is 20.1 Å². The summed E-state index contributed by atoms with van der Waals surface area (Å²) in [5.74, 6) is -0.561. The van der Waals surface area contributed by atoms with E-state index in [0.717, 1.165) is 38.1 Å². The molecule has 1 aliphatic rings. The molecule has 0 saturated carbocycles. The van der Waals surface area contributed by atoms with Crippen molar-refractivity contribution in [1.29, 1.82) is 0 Å². The van der Waals surface area contributed by atoms with Crippen LogP contribution in [0.5, 0.6) is 0 Å². The first-order valence-corrected chi connectivity index (χ1v) is 9.46. The molecule has 1 aliphatic heterocycles. The SMILES string of the molecule is O=C(OCCOC1CCNCC1)c1ccccc1Nc1cccc(C(F)(F)F)c1. The Labute approximate surface area is 167 Å². The van der Waals surface area contributed by atoms with E-state index in [4.69, 9.17) is 9.47 Å². The Morgan fingerprint density at radius 3 is 2.59 bits per heavy atom. The Morgan fingerprint density at radius 2 is 1.83 bits per heavy atom. The van der Waals surface area contributed by atoms with E-state index < -0.39 is 17.7 Å². The van der Waals surface area contributed by atoms with Crippen molar-refractivity contribution < 1.29 is 27.4 Å². The lowest BCUT2D eigenvalue weighted by Crippen LogP contribution is -2.33. The predicted octanol–water partition coefficient (Wildman–Crippen LogP) is 4.37. The van der Waals surface area contributed by atoms with E-state index in [9.17, 15) is 18.0 Å². The second kappa shape index (κ2) is 9.76. The van der Waals surface area contributed by atoms with Crippen LogP contribution in [-0.4, -0.2) is 38.4 Å². The molecule has 0 bridgehead atoms. The number of rotatable bonds is 7. The second-order valence-electron chi connectivity index (χ2n) is 6.71. The average Bonchev–Trinajstić information content (AvgIpc) is 2.72. The maximum Gasteiger partial charge on any atom is 0.416 e. The third kappa shape index (κ3) is 6.20. The third-order valence-electron chi connectivity index (χ3n) is 4.57. The molecule has 1 heterocycles. The van der Waals surface area contributed by atoms with Gasteiger partial charge in [0.05, 0.1) is 29.5 Å². The van der Waals surface area contributed by atoms with Gasteiger partial charge in [-0.15, -0.1) is 0 Å². The molecule has 156 valence electrons. The molecule has 0 aromatic heterocycles. The molecule has 5 nitrogen and oxygen atoms in total. The van der Waals surface area contributed by atoms with E-state index in [1.807, 2.05) is 0 Å². The number of hydrogen-bond acceptors (Lipinski definition) is 5. The Balaban J connectivity index is 1.59. The highest BCUT2D eigenvalue weighted by atomic mass is 19.4. The number of hydrogen-bond donors (Lipinski definition) is 2. The fraction of sp³-hybridized carbons (Fsp3) is 0.381. The molecule has 2 N–H and O–H groups in total. The van der Waals surface area contributed by atoms with E-state index in [1.54, 1.807) is 24.3 Å². The van der Waals surface area contributed by atoms with E-state index in [0.29, 0.717) is 12.3 Å². The van der Waals surface area contributed by atoms with Gasteiger partial charge in [0.1, 0.15) is 6.61 Å². The highest BCUT2D eigenvalue weighted by molar-refractivity contribution is 5.96. The van der Waals surface area contributed by atoms with E-state index in [2.05, 4.69) is 10.6 Å². The van der Waals surface area contributed by atoms with Gasteiger partial charge in [-0.2, -0.15) is 13.2 Å². The molecule has 2 aromatic carbocycles. The maximum atomic E-state index is 12.9. The largest absolute Gasteiger partial charge is 0.460 e. The summed E-state index contributed by atoms with van der Waals surface area (Å²) in [5, 5.41) is 6.12. The summed E-state index contributed by atoms with van der Waals surface area (Å²) in [6.45, 7) is 2.25. The van der Waals surface area contributed by atoms with Gasteiger partial charge >= 0.3 is 12.1 Å². The standard InChI is InChI=1S/C21H23F3N2O3/c22-21(23,24)15-4-3-5-16(14-15)26-19-7-2-1-6-18(19)20(27)29-13-12-28-17-8-10-25-11-9-17/h1-7,14,17,25-26H,8-13H2. The average molecular weight is 408 g/mol. The Kier molecular flexibility index (Phi) is 7.11. The summed E-state index contributed by atoms with van der Waals surface area (Å²) in [6, 6.07) is 11.3. The van der Waals surface area contributed by atoms with Gasteiger partial charge in [-0.05, 0) is 56.3 Å². The lowest BCUT2D eigenvalue weighted by molar-refractivity contribution is -0.137. The number of piperidine rings is 1. The number of para-hydroxylation sites is 1. The number of alkyl halides is 3. The van der Waals surface area contributed by atoms with Gasteiger partial charge in [0.2, 0.25) is 0 Å². The normalized spacial score (nSPS) is 15.1. The van der Waals surface area contributed by atoms with Crippen LogP contribution in [-0.2, 0) is 15.7 Å². The zero-order valence-corrected chi connectivity index (χ0v) is 15.8. The van der Waals surface area contributed by atoms with Crippen LogP contribution in [0.2, 0.25) is 0 Å². The van der Waals surface area contributed by atoms with Crippen molar-refractivity contribution in [2.45, 2.75) is 25.1 Å². The van der Waals surface area contributed by atoms with Crippen LogP contribution in [0.4, 0.5) is 24.5 Å². The summed E-state index contributed by atoms with van der Waals surface area (Å²) in [7, 11) is 0. The number of anilines is 2. The molecule has 2 aromatic rings. The fourth-order valence-electron chi connectivity index (χ4n) is 3.09. The summed E-state index contributed by atoms with van der Waals surface area (Å²) < 4.78 is 49.7. The molecule has 1 fully saturated rings. The topological polar surface area (TPSA) is 59.6 Å². The van der Waals surface area contributed by atoms with Gasteiger partial charge in [-0.1, -0.05) is 18.2 Å². The predicted molar refractivity (Wildman–Crippen MR) is 103 cm³/mol. The van der Waals surface area contributed by atoms with Crippen molar-refractivity contribution in [3.8, 4) is 0 Å². The van der Waals surface area contributed by atoms with Crippen LogP contribution in [0.1, 0.15) is 28.8 Å². The van der Waals surface area contributed by atoms with Crippen LogP contribution in [0, 0.1) is 0 Å². The molecular weight excluding hydrogens is 385 g/mol. The second-order valence-corrected chi connectivity index (χ2v) is 6.71. The summed E-state index contributed by atoms with van der Waals surface area (Å²) >= 11 is 0. The smallest absolute Gasteiger partial charge is 0.416 e. The summed E-state index contributed by atoms with van der Waals surface area (Å²) in [4.78, 5) is 12.4. The number of ether oxygens (including phenoxy) is 2. The third-order valence-corrected chi connectivity index (χ3v) is 4.57. The molecule has 0 atom stereocenters. The van der Waals surface area contributed by atoms with Crippen molar-refractivity contribution in [3.63, 3.8) is 0 Å². The molecule has 0 spiro atoms. The van der Waals surface area contributed by atoms with Crippen molar-refractivity contribution in [3.05, 3.63) is 59.7 Å². The van der Waals surface area contributed by atoms with Crippen LogP contribution in [0.25, 0.3) is 0 Å². The van der Waals surface area contributed by atoms with Crippen molar-refractivity contribution >= 4 is 17.3 Å². The zero-order valence-electron chi connectivity index (χ0n) is 15.8. The molecule has 0 amide bonds. The number of carbonyl (C=O) groups excluding carboxylic acids is 1. The molecule has 29 heavy (non-hydrogen) atoms. The molecular formula is C21H23F3N2O3. The van der Waals surface area contributed by atoms with Gasteiger partial charge in [-0.25, -0.2) is 4.79 Å². The minimum Gasteiger partial charge on any atom is -0.460 e. The zero-order chi connectivity index (χ0) is 20.7. The minimum atomic E-state index is -4.44. The first-order chi connectivity index (χ1) is 13.9. The van der Waals surface area contributed by atoms with Crippen molar-refractivity contribution in [1.82, 2.24) is 5.32 Å². The lowest BCUT2D eigenvalue weighted by atomic mass is 10.1. The van der Waals surface area contributed by atoms with E-state index in [-0.39, 0.29) is 24.0 Å². The first kappa shape index (κ1) is 21.1. The molecule has 8 heteroatoms. The first-order valence-electron chi connectivity index (χ1n) is 9.46. The van der Waals surface area contributed by atoms with Crippen LogP contribution >= 0.6 is 0 Å². The fourth-order valence-corrected chi connectivity index (χ4v) is 3.09. The summed E-state index contributed by atoms with van der Waals surface area (Å²) in [6.07, 6.45) is -2.41. The molecule has 1 saturated heterocycles. The minimum absolute atomic E-state index is 0.112. The summed E-state index contributed by atoms with van der Waals surface area (Å²) in [5.41, 5.74) is 0.0785. The van der Waals surface area contributed by atoms with Crippen LogP contribution < -0.4 is 10.6 Å². The number of halogens is 3. The van der Waals surface area contributed by atoms with Gasteiger partial charge in [0.15, 0.2) is 0 Å². The van der Waals surface area contributed by atoms with Gasteiger partial charge in [-0.3, -0.25) is 0 Å². The number of carbonyl (C=O) groups is 1. The molecule has 0 aliphatic carbocycles. The van der Waals surface area contributed by atoms with Crippen molar-refractivity contribution in [2.75, 3.05) is 31.6 Å². The van der Waals surface area contributed by atoms with Gasteiger partial charge in [0.25, 0.3) is 0 Å². The number of esters is 1. The Morgan fingerprint density at radius 1 is 1.07 bits per heavy atom. The highest BCUT2D eigenvalue weighted by Crippen LogP contribution is 2.32. The lowest BCUT2D eigenvalue weighted by Gasteiger charge is -2.22. The maximum absolute atomic E-state index is 12.9. The van der Waals surface area contributed by atoms with E-state index in [1.165, 1.54) is 12.1 Å². The van der Waals surface area contributed by atoms with Crippen molar-refractivity contribution in [2.24, 2.45) is 0 Å². The van der Waals surface area contributed by atoms with Crippen LogP contribution in [0.15, 0.2) is 48.5 Å². The Bertz CT molecular complexity index is 821. The Hall–Kier alpha value is -2.58.